The van der Waals surface area contributed by atoms with Crippen molar-refractivity contribution < 1.29 is 0 Å². The molecule has 0 aromatic rings. The molecular weight excluding hydrogens is 140 g/mol. The first-order chi connectivity index (χ1) is 4.84. The lowest BCUT2D eigenvalue weighted by molar-refractivity contribution is 0.685. The van der Waals surface area contributed by atoms with Gasteiger partial charge in [0.15, 0.2) is 0 Å². The molecule has 1 aliphatic heterocycles. The highest BCUT2D eigenvalue weighted by Crippen LogP contribution is 2.21. The highest BCUT2D eigenvalue weighted by atomic mass is 32.2. The summed E-state index contributed by atoms with van der Waals surface area (Å²) in [5, 5.41) is 0.978. The average molecular weight is 157 g/mol. The molecule has 0 spiro atoms. The summed E-state index contributed by atoms with van der Waals surface area (Å²) in [5.41, 5.74) is 0. The van der Waals surface area contributed by atoms with E-state index in [4.69, 9.17) is 0 Å². The molecule has 2 unspecified atom stereocenters. The van der Waals surface area contributed by atoms with Crippen LogP contribution in [-0.2, 0) is 10.9 Å². The van der Waals surface area contributed by atoms with E-state index in [1.165, 1.54) is 30.8 Å². The summed E-state index contributed by atoms with van der Waals surface area (Å²) in [7, 11) is 0.693. The van der Waals surface area contributed by atoms with Gasteiger partial charge in [-0.05, 0) is 43.2 Å². The lowest BCUT2D eigenvalue weighted by Gasteiger charge is -2.19. The van der Waals surface area contributed by atoms with Gasteiger partial charge in [-0.2, -0.15) is 0 Å². The Kier molecular flexibility index (Phi) is 3.33. The summed E-state index contributed by atoms with van der Waals surface area (Å²) < 4.78 is 0. The summed E-state index contributed by atoms with van der Waals surface area (Å²) in [4.78, 5) is 0. The van der Waals surface area contributed by atoms with Gasteiger partial charge in [0.25, 0.3) is 0 Å². The number of hydrogen-bond acceptors (Lipinski definition) is 0. The van der Waals surface area contributed by atoms with Crippen LogP contribution in [0.3, 0.4) is 0 Å². The SMILES string of the molecule is C=CC[S+]1CCCCC1C. The molecule has 0 saturated carbocycles. The second kappa shape index (κ2) is 4.07. The van der Waals surface area contributed by atoms with E-state index in [0.29, 0.717) is 10.9 Å². The van der Waals surface area contributed by atoms with Crippen molar-refractivity contribution >= 4 is 10.9 Å². The molecule has 1 heterocycles. The Morgan fingerprint density at radius 1 is 1.60 bits per heavy atom. The Morgan fingerprint density at radius 3 is 3.00 bits per heavy atom. The molecule has 1 rings (SSSR count). The zero-order valence-electron chi connectivity index (χ0n) is 6.81. The molecule has 10 heavy (non-hydrogen) atoms. The van der Waals surface area contributed by atoms with Crippen molar-refractivity contribution in [2.45, 2.75) is 31.4 Å². The van der Waals surface area contributed by atoms with Crippen LogP contribution in [0.25, 0.3) is 0 Å². The van der Waals surface area contributed by atoms with Crippen molar-refractivity contribution in [1.82, 2.24) is 0 Å². The topological polar surface area (TPSA) is 0 Å². The Balaban J connectivity index is 2.32. The summed E-state index contributed by atoms with van der Waals surface area (Å²) in [6.07, 6.45) is 6.46. The second-order valence-electron chi connectivity index (χ2n) is 3.00. The summed E-state index contributed by atoms with van der Waals surface area (Å²) in [6.45, 7) is 6.19. The summed E-state index contributed by atoms with van der Waals surface area (Å²) >= 11 is 0. The highest BCUT2D eigenvalue weighted by molar-refractivity contribution is 7.97. The molecule has 0 aromatic heterocycles. The molecule has 1 saturated heterocycles. The predicted octanol–water partition coefficient (Wildman–Crippen LogP) is 2.36. The minimum Gasteiger partial charge on any atom is -0.0985 e. The van der Waals surface area contributed by atoms with E-state index in [0.717, 1.165) is 5.25 Å². The van der Waals surface area contributed by atoms with Crippen molar-refractivity contribution in [3.8, 4) is 0 Å². The second-order valence-corrected chi connectivity index (χ2v) is 5.62. The van der Waals surface area contributed by atoms with Crippen LogP contribution < -0.4 is 0 Å². The van der Waals surface area contributed by atoms with Gasteiger partial charge in [0, 0.05) is 0 Å². The molecule has 0 bridgehead atoms. The van der Waals surface area contributed by atoms with E-state index in [2.05, 4.69) is 19.6 Å². The van der Waals surface area contributed by atoms with E-state index in [1.807, 2.05) is 0 Å². The first-order valence-electron chi connectivity index (χ1n) is 4.12. The molecule has 58 valence electrons. The molecule has 2 atom stereocenters. The lowest BCUT2D eigenvalue weighted by atomic mass is 10.2. The van der Waals surface area contributed by atoms with E-state index in [9.17, 15) is 0 Å². The fourth-order valence-corrected chi connectivity index (χ4v) is 3.76. The Labute approximate surface area is 67.1 Å². The van der Waals surface area contributed by atoms with Crippen LogP contribution in [0.1, 0.15) is 26.2 Å². The van der Waals surface area contributed by atoms with Crippen molar-refractivity contribution in [2.24, 2.45) is 0 Å². The zero-order valence-corrected chi connectivity index (χ0v) is 7.62. The van der Waals surface area contributed by atoms with Crippen LogP contribution >= 0.6 is 0 Å². The highest BCUT2D eigenvalue weighted by Gasteiger charge is 2.27. The van der Waals surface area contributed by atoms with Gasteiger partial charge >= 0.3 is 0 Å². The van der Waals surface area contributed by atoms with Crippen LogP contribution in [0.2, 0.25) is 0 Å². The lowest BCUT2D eigenvalue weighted by Crippen LogP contribution is -2.27. The minimum absolute atomic E-state index is 0.693. The molecular formula is C9H17S+. The van der Waals surface area contributed by atoms with Gasteiger partial charge in [0.1, 0.15) is 16.8 Å². The first-order valence-corrected chi connectivity index (χ1v) is 5.74. The van der Waals surface area contributed by atoms with Gasteiger partial charge in [-0.15, -0.1) is 0 Å². The Hall–Kier alpha value is 0.0900. The quantitative estimate of drug-likeness (QED) is 0.426. The van der Waals surface area contributed by atoms with Crippen molar-refractivity contribution in [3.63, 3.8) is 0 Å². The van der Waals surface area contributed by atoms with Gasteiger partial charge < -0.3 is 0 Å². The van der Waals surface area contributed by atoms with Crippen LogP contribution in [0.4, 0.5) is 0 Å². The molecule has 1 aliphatic rings. The van der Waals surface area contributed by atoms with Crippen molar-refractivity contribution in [3.05, 3.63) is 12.7 Å². The fourth-order valence-electron chi connectivity index (χ4n) is 1.49. The smallest absolute Gasteiger partial charge is 0.0985 e. The molecule has 0 aromatic carbocycles. The molecule has 0 radical (unpaired) electrons. The van der Waals surface area contributed by atoms with E-state index < -0.39 is 0 Å². The van der Waals surface area contributed by atoms with Crippen LogP contribution in [-0.4, -0.2) is 16.8 Å². The minimum atomic E-state index is 0.693. The van der Waals surface area contributed by atoms with Gasteiger partial charge in [-0.1, -0.05) is 6.58 Å². The number of rotatable bonds is 2. The number of hydrogen-bond donors (Lipinski definition) is 0. The summed E-state index contributed by atoms with van der Waals surface area (Å²) in [5.74, 6) is 2.73. The Bertz CT molecular complexity index is 109. The first kappa shape index (κ1) is 8.19. The van der Waals surface area contributed by atoms with Crippen molar-refractivity contribution in [2.75, 3.05) is 11.5 Å². The third-order valence-corrected chi connectivity index (χ3v) is 5.02. The van der Waals surface area contributed by atoms with E-state index in [1.54, 1.807) is 0 Å². The zero-order chi connectivity index (χ0) is 7.40. The standard InChI is InChI=1S/C9H17S/c1-3-7-10-8-5-4-6-9(10)2/h3,9H,1,4-8H2,2H3/q+1. The fraction of sp³-hybridized carbons (Fsp3) is 0.778. The summed E-state index contributed by atoms with van der Waals surface area (Å²) in [6, 6.07) is 0. The molecule has 0 nitrogen and oxygen atoms in total. The molecule has 0 amide bonds. The average Bonchev–Trinajstić information content (AvgIpc) is 1.94. The molecule has 0 aliphatic carbocycles. The maximum atomic E-state index is 3.80. The maximum absolute atomic E-state index is 3.80. The van der Waals surface area contributed by atoms with E-state index in [-0.39, 0.29) is 0 Å². The molecule has 1 fully saturated rings. The van der Waals surface area contributed by atoms with Crippen LogP contribution in [0.5, 0.6) is 0 Å². The van der Waals surface area contributed by atoms with Gasteiger partial charge in [0.2, 0.25) is 0 Å². The largest absolute Gasteiger partial charge is 0.126 e. The Morgan fingerprint density at radius 2 is 2.40 bits per heavy atom. The maximum Gasteiger partial charge on any atom is 0.126 e. The molecule has 0 N–H and O–H groups in total. The predicted molar refractivity (Wildman–Crippen MR) is 50.6 cm³/mol. The van der Waals surface area contributed by atoms with Crippen LogP contribution in [0, 0.1) is 0 Å². The van der Waals surface area contributed by atoms with E-state index >= 15 is 0 Å². The van der Waals surface area contributed by atoms with Gasteiger partial charge in [-0.3, -0.25) is 0 Å². The van der Waals surface area contributed by atoms with Crippen LogP contribution in [0.15, 0.2) is 12.7 Å². The third-order valence-electron chi connectivity index (χ3n) is 2.17. The third kappa shape index (κ3) is 2.05. The molecule has 1 heteroatoms. The van der Waals surface area contributed by atoms with Gasteiger partial charge in [-0.25, -0.2) is 0 Å². The van der Waals surface area contributed by atoms with Gasteiger partial charge in [0.05, 0.1) is 0 Å². The normalized spacial score (nSPS) is 33.7. The van der Waals surface area contributed by atoms with Crippen molar-refractivity contribution in [1.29, 1.82) is 0 Å². The monoisotopic (exact) mass is 157 g/mol.